The number of rotatable bonds is 7. The average molecular weight is 386 g/mol. The summed E-state index contributed by atoms with van der Waals surface area (Å²) in [5, 5.41) is 2.85. The lowest BCUT2D eigenvalue weighted by Crippen LogP contribution is -2.40. The first-order valence-corrected chi connectivity index (χ1v) is 9.65. The first-order valence-electron chi connectivity index (χ1n) is 9.65. The fourth-order valence-corrected chi connectivity index (χ4v) is 3.87. The first-order chi connectivity index (χ1) is 12.6. The number of benzene rings is 1. The Kier molecular flexibility index (Phi) is 6.82. The summed E-state index contributed by atoms with van der Waals surface area (Å²) in [6, 6.07) is 2.47. The van der Waals surface area contributed by atoms with Crippen LogP contribution in [0.2, 0.25) is 0 Å². The van der Waals surface area contributed by atoms with Crippen molar-refractivity contribution in [3.8, 4) is 0 Å². The van der Waals surface area contributed by atoms with E-state index in [4.69, 9.17) is 0 Å². The van der Waals surface area contributed by atoms with Crippen LogP contribution in [-0.2, 0) is 6.18 Å². The highest BCUT2D eigenvalue weighted by molar-refractivity contribution is 5.50. The van der Waals surface area contributed by atoms with Crippen LogP contribution in [0.1, 0.15) is 58.4 Å². The minimum atomic E-state index is -4.58. The maximum absolute atomic E-state index is 13.6. The molecule has 1 heterocycles. The topological polar surface area (TPSA) is 15.3 Å². The van der Waals surface area contributed by atoms with Crippen LogP contribution in [0.25, 0.3) is 0 Å². The Labute approximate surface area is 159 Å². The number of alkyl halides is 3. The molecule has 2 nitrogen and oxygen atoms in total. The van der Waals surface area contributed by atoms with Gasteiger partial charge in [0.2, 0.25) is 0 Å². The minimum Gasteiger partial charge on any atom is -0.359 e. The van der Waals surface area contributed by atoms with Crippen LogP contribution in [0, 0.1) is 17.2 Å². The van der Waals surface area contributed by atoms with E-state index >= 15 is 0 Å². The highest BCUT2D eigenvalue weighted by Crippen LogP contribution is 2.39. The number of piperidine rings is 1. The molecule has 0 aliphatic carbocycles. The first kappa shape index (κ1) is 21.6. The van der Waals surface area contributed by atoms with Gasteiger partial charge in [-0.05, 0) is 48.8 Å². The summed E-state index contributed by atoms with van der Waals surface area (Å²) in [4.78, 5) is 2.03. The Morgan fingerprint density at radius 1 is 1.19 bits per heavy atom. The van der Waals surface area contributed by atoms with E-state index in [2.05, 4.69) is 32.7 Å². The molecule has 27 heavy (non-hydrogen) atoms. The summed E-state index contributed by atoms with van der Waals surface area (Å²) in [7, 11) is 0. The zero-order chi connectivity index (χ0) is 20.2. The van der Waals surface area contributed by atoms with Crippen LogP contribution >= 0.6 is 0 Å². The van der Waals surface area contributed by atoms with Crippen LogP contribution in [0.4, 0.5) is 23.2 Å². The summed E-state index contributed by atoms with van der Waals surface area (Å²) >= 11 is 0. The molecule has 0 spiro atoms. The molecule has 1 aromatic rings. The molecular weight excluding hydrogens is 356 g/mol. The Hall–Kier alpha value is -1.72. The number of hydrogen-bond donors (Lipinski definition) is 1. The molecule has 0 bridgehead atoms. The van der Waals surface area contributed by atoms with Crippen molar-refractivity contribution >= 4 is 5.69 Å². The maximum Gasteiger partial charge on any atom is 0.416 e. The van der Waals surface area contributed by atoms with Gasteiger partial charge in [0.1, 0.15) is 5.82 Å². The van der Waals surface area contributed by atoms with Gasteiger partial charge in [0, 0.05) is 18.8 Å². The van der Waals surface area contributed by atoms with E-state index in [1.807, 2.05) is 4.90 Å². The lowest BCUT2D eigenvalue weighted by molar-refractivity contribution is -0.137. The normalized spacial score (nSPS) is 17.3. The van der Waals surface area contributed by atoms with E-state index in [9.17, 15) is 17.6 Å². The Bertz CT molecular complexity index is 642. The van der Waals surface area contributed by atoms with Crippen molar-refractivity contribution in [2.45, 2.75) is 59.1 Å². The fourth-order valence-electron chi connectivity index (χ4n) is 3.87. The number of anilines is 1. The molecule has 152 valence electrons. The molecule has 1 fully saturated rings. The van der Waals surface area contributed by atoms with E-state index in [1.165, 1.54) is 19.3 Å². The van der Waals surface area contributed by atoms with Crippen LogP contribution < -0.4 is 5.32 Å². The van der Waals surface area contributed by atoms with Gasteiger partial charge in [-0.25, -0.2) is 4.39 Å². The number of nitrogens with one attached hydrogen (secondary N) is 1. The van der Waals surface area contributed by atoms with Gasteiger partial charge in [0.15, 0.2) is 0 Å². The van der Waals surface area contributed by atoms with Crippen molar-refractivity contribution in [3.63, 3.8) is 0 Å². The van der Waals surface area contributed by atoms with Crippen LogP contribution in [0.5, 0.6) is 0 Å². The van der Waals surface area contributed by atoms with Crippen molar-refractivity contribution in [1.82, 2.24) is 4.90 Å². The highest BCUT2D eigenvalue weighted by atomic mass is 19.4. The van der Waals surface area contributed by atoms with Crippen LogP contribution in [0.15, 0.2) is 30.6 Å². The zero-order valence-corrected chi connectivity index (χ0v) is 16.4. The lowest BCUT2D eigenvalue weighted by Gasteiger charge is -2.42. The van der Waals surface area contributed by atoms with Crippen molar-refractivity contribution < 1.29 is 17.6 Å². The molecule has 1 aliphatic rings. The third-order valence-electron chi connectivity index (χ3n) is 5.80. The molecule has 1 aliphatic heterocycles. The summed E-state index contributed by atoms with van der Waals surface area (Å²) in [5.74, 6) is 0.325. The minimum absolute atomic E-state index is 0.0673. The SMILES string of the molecule is C=C(Nc1cc(F)cc(C(F)(F)F)c1)N1CCC(C)(CC(CC)CC)CC1. The molecule has 0 saturated carbocycles. The zero-order valence-electron chi connectivity index (χ0n) is 16.4. The molecule has 0 amide bonds. The molecule has 1 aromatic carbocycles. The summed E-state index contributed by atoms with van der Waals surface area (Å²) in [6.45, 7) is 12.3. The quantitative estimate of drug-likeness (QED) is 0.527. The van der Waals surface area contributed by atoms with Gasteiger partial charge in [-0.15, -0.1) is 0 Å². The predicted molar refractivity (Wildman–Crippen MR) is 102 cm³/mol. The molecule has 0 atom stereocenters. The molecule has 0 unspecified atom stereocenters. The van der Waals surface area contributed by atoms with Gasteiger partial charge < -0.3 is 10.2 Å². The fraction of sp³-hybridized carbons (Fsp3) is 0.619. The van der Waals surface area contributed by atoms with Gasteiger partial charge >= 0.3 is 6.18 Å². The van der Waals surface area contributed by atoms with Gasteiger partial charge in [-0.2, -0.15) is 13.2 Å². The predicted octanol–water partition coefficient (Wildman–Crippen LogP) is 6.66. The van der Waals surface area contributed by atoms with Gasteiger partial charge in [0.25, 0.3) is 0 Å². The summed E-state index contributed by atoms with van der Waals surface area (Å²) < 4.78 is 52.1. The second kappa shape index (κ2) is 8.53. The van der Waals surface area contributed by atoms with E-state index in [1.54, 1.807) is 0 Å². The molecule has 1 N–H and O–H groups in total. The molecule has 0 aromatic heterocycles. The Balaban J connectivity index is 1.98. The Morgan fingerprint density at radius 3 is 2.30 bits per heavy atom. The molecule has 1 saturated heterocycles. The monoisotopic (exact) mass is 386 g/mol. The maximum atomic E-state index is 13.6. The summed E-state index contributed by atoms with van der Waals surface area (Å²) in [5.41, 5.74) is -0.651. The van der Waals surface area contributed by atoms with Crippen molar-refractivity contribution in [1.29, 1.82) is 0 Å². The van der Waals surface area contributed by atoms with E-state index in [0.29, 0.717) is 11.9 Å². The third-order valence-corrected chi connectivity index (χ3v) is 5.80. The van der Waals surface area contributed by atoms with Crippen molar-refractivity contribution in [3.05, 3.63) is 42.0 Å². The molecule has 0 radical (unpaired) electrons. The molecular formula is C21H30F4N2. The number of nitrogens with zero attached hydrogens (tertiary/aromatic N) is 1. The number of halogens is 4. The van der Waals surface area contributed by atoms with Gasteiger partial charge in [-0.1, -0.05) is 40.2 Å². The van der Waals surface area contributed by atoms with Gasteiger partial charge in [-0.3, -0.25) is 0 Å². The van der Waals surface area contributed by atoms with Crippen LogP contribution in [0.3, 0.4) is 0 Å². The highest BCUT2D eigenvalue weighted by Gasteiger charge is 2.33. The van der Waals surface area contributed by atoms with Crippen molar-refractivity contribution in [2.24, 2.45) is 11.3 Å². The standard InChI is InChI=1S/C21H30F4N2/c1-5-16(6-2)14-20(4)7-9-27(10-8-20)15(3)26-19-12-17(21(23,24)25)11-18(22)13-19/h11-13,16,26H,3,5-10,14H2,1-2,4H3. The second-order valence-electron chi connectivity index (χ2n) is 7.98. The summed E-state index contributed by atoms with van der Waals surface area (Å²) in [6.07, 6.45) is 1.02. The molecule has 2 rings (SSSR count). The van der Waals surface area contributed by atoms with E-state index < -0.39 is 17.6 Å². The molecule has 6 heteroatoms. The largest absolute Gasteiger partial charge is 0.416 e. The van der Waals surface area contributed by atoms with E-state index in [-0.39, 0.29) is 11.1 Å². The second-order valence-corrected chi connectivity index (χ2v) is 7.98. The third kappa shape index (κ3) is 5.88. The Morgan fingerprint density at radius 2 is 1.78 bits per heavy atom. The van der Waals surface area contributed by atoms with Crippen LogP contribution in [-0.4, -0.2) is 18.0 Å². The average Bonchev–Trinajstić information content (AvgIpc) is 2.59. The van der Waals surface area contributed by atoms with E-state index in [0.717, 1.165) is 44.0 Å². The van der Waals surface area contributed by atoms with Crippen molar-refractivity contribution in [2.75, 3.05) is 18.4 Å². The number of hydrogen-bond acceptors (Lipinski definition) is 2. The number of likely N-dealkylation sites (tertiary alicyclic amines) is 1. The van der Waals surface area contributed by atoms with Gasteiger partial charge in [0.05, 0.1) is 11.4 Å². The smallest absolute Gasteiger partial charge is 0.359 e. The lowest BCUT2D eigenvalue weighted by atomic mass is 9.72.